The van der Waals surface area contributed by atoms with Crippen molar-refractivity contribution in [1.29, 1.82) is 0 Å². The number of hydrogen-bond donors (Lipinski definition) is 0. The van der Waals surface area contributed by atoms with Gasteiger partial charge in [-0.25, -0.2) is 4.39 Å². The fraction of sp³-hybridized carbons (Fsp3) is 0.333. The monoisotopic (exact) mass is 328 g/mol. The molecular weight excluding hydrogens is 307 g/mol. The van der Waals surface area contributed by atoms with Crippen molar-refractivity contribution in [3.8, 4) is 0 Å². The second-order valence-electron chi connectivity index (χ2n) is 5.97. The first kappa shape index (κ1) is 16.4. The van der Waals surface area contributed by atoms with Crippen molar-refractivity contribution in [1.82, 2.24) is 19.6 Å². The quantitative estimate of drug-likeness (QED) is 0.805. The maximum absolute atomic E-state index is 13.7. The number of halogens is 1. The Morgan fingerprint density at radius 1 is 1.25 bits per heavy atom. The molecule has 6 heteroatoms. The van der Waals surface area contributed by atoms with Crippen molar-refractivity contribution >= 4 is 12.0 Å². The first-order valence-corrected chi connectivity index (χ1v) is 8.03. The van der Waals surface area contributed by atoms with E-state index in [1.807, 2.05) is 30.3 Å². The summed E-state index contributed by atoms with van der Waals surface area (Å²) in [4.78, 5) is 16.2. The van der Waals surface area contributed by atoms with Crippen molar-refractivity contribution in [2.24, 2.45) is 7.05 Å². The standard InChI is InChI=1S/C18H21FN4O/c1-21-13-15(12-20-21)6-7-18(24)23-10-8-22(9-11-23)14-16-4-2-3-5-17(16)19/h2-7,12-13H,8-11,14H2,1H3/b7-6+. The number of carbonyl (C=O) groups is 1. The summed E-state index contributed by atoms with van der Waals surface area (Å²) >= 11 is 0. The van der Waals surface area contributed by atoms with Gasteiger partial charge in [0, 0.05) is 63.2 Å². The molecule has 3 rings (SSSR count). The molecule has 24 heavy (non-hydrogen) atoms. The summed E-state index contributed by atoms with van der Waals surface area (Å²) in [5.41, 5.74) is 1.61. The van der Waals surface area contributed by atoms with E-state index in [4.69, 9.17) is 0 Å². The molecule has 0 spiro atoms. The molecule has 1 amide bonds. The molecule has 0 N–H and O–H groups in total. The zero-order valence-corrected chi connectivity index (χ0v) is 13.7. The highest BCUT2D eigenvalue weighted by Gasteiger charge is 2.20. The normalized spacial score (nSPS) is 16.0. The number of aromatic nitrogens is 2. The van der Waals surface area contributed by atoms with Crippen LogP contribution in [0.5, 0.6) is 0 Å². The summed E-state index contributed by atoms with van der Waals surface area (Å²) in [7, 11) is 1.84. The topological polar surface area (TPSA) is 41.4 Å². The van der Waals surface area contributed by atoms with Crippen LogP contribution in [0.4, 0.5) is 4.39 Å². The summed E-state index contributed by atoms with van der Waals surface area (Å²) in [5.74, 6) is -0.167. The molecule has 1 saturated heterocycles. The molecule has 0 aliphatic carbocycles. The van der Waals surface area contributed by atoms with Crippen molar-refractivity contribution in [3.05, 3.63) is 59.7 Å². The highest BCUT2D eigenvalue weighted by molar-refractivity contribution is 5.91. The lowest BCUT2D eigenvalue weighted by atomic mass is 10.2. The average Bonchev–Trinajstić information content (AvgIpc) is 3.01. The number of benzene rings is 1. The molecule has 0 saturated carbocycles. The average molecular weight is 328 g/mol. The van der Waals surface area contributed by atoms with Crippen LogP contribution in [0.15, 0.2) is 42.7 Å². The number of amides is 1. The number of aryl methyl sites for hydroxylation is 1. The number of carbonyl (C=O) groups excluding carboxylic acids is 1. The van der Waals surface area contributed by atoms with Gasteiger partial charge in [-0.1, -0.05) is 18.2 Å². The predicted molar refractivity (Wildman–Crippen MR) is 90.5 cm³/mol. The van der Waals surface area contributed by atoms with Crippen LogP contribution >= 0.6 is 0 Å². The van der Waals surface area contributed by atoms with Crippen molar-refractivity contribution in [3.63, 3.8) is 0 Å². The largest absolute Gasteiger partial charge is 0.337 e. The Hall–Kier alpha value is -2.47. The summed E-state index contributed by atoms with van der Waals surface area (Å²) < 4.78 is 15.4. The molecule has 1 aliphatic rings. The van der Waals surface area contributed by atoms with Crippen molar-refractivity contribution < 1.29 is 9.18 Å². The molecule has 1 fully saturated rings. The van der Waals surface area contributed by atoms with Crippen LogP contribution in [0, 0.1) is 5.82 Å². The summed E-state index contributed by atoms with van der Waals surface area (Å²) in [6.45, 7) is 3.40. The van der Waals surface area contributed by atoms with Crippen LogP contribution < -0.4 is 0 Å². The SMILES string of the molecule is Cn1cc(/C=C/C(=O)N2CCN(Cc3ccccc3F)CC2)cn1. The van der Waals surface area contributed by atoms with Gasteiger partial charge in [-0.05, 0) is 12.1 Å². The minimum Gasteiger partial charge on any atom is -0.337 e. The fourth-order valence-electron chi connectivity index (χ4n) is 2.79. The van der Waals surface area contributed by atoms with E-state index in [1.54, 1.807) is 29.1 Å². The van der Waals surface area contributed by atoms with Gasteiger partial charge in [0.1, 0.15) is 5.82 Å². The van der Waals surface area contributed by atoms with Gasteiger partial charge in [0.2, 0.25) is 5.91 Å². The van der Waals surface area contributed by atoms with Crippen LogP contribution in [0.3, 0.4) is 0 Å². The van der Waals surface area contributed by atoms with Gasteiger partial charge in [-0.2, -0.15) is 5.10 Å². The van der Waals surface area contributed by atoms with E-state index in [9.17, 15) is 9.18 Å². The molecule has 126 valence electrons. The highest BCUT2D eigenvalue weighted by atomic mass is 19.1. The van der Waals surface area contributed by atoms with Gasteiger partial charge < -0.3 is 4.90 Å². The predicted octanol–water partition coefficient (Wildman–Crippen LogP) is 1.92. The summed E-state index contributed by atoms with van der Waals surface area (Å²) in [5, 5.41) is 4.07. The van der Waals surface area contributed by atoms with Crippen LogP contribution in [-0.4, -0.2) is 51.7 Å². The summed E-state index contributed by atoms with van der Waals surface area (Å²) in [6, 6.07) is 6.84. The maximum Gasteiger partial charge on any atom is 0.246 e. The molecule has 2 heterocycles. The van der Waals surface area contributed by atoms with E-state index in [0.717, 1.165) is 18.7 Å². The van der Waals surface area contributed by atoms with E-state index < -0.39 is 0 Å². The van der Waals surface area contributed by atoms with E-state index in [1.165, 1.54) is 6.07 Å². The molecule has 1 aromatic heterocycles. The molecule has 1 aromatic carbocycles. The Morgan fingerprint density at radius 2 is 2.00 bits per heavy atom. The van der Waals surface area contributed by atoms with E-state index >= 15 is 0 Å². The smallest absolute Gasteiger partial charge is 0.246 e. The lowest BCUT2D eigenvalue weighted by molar-refractivity contribution is -0.127. The minimum atomic E-state index is -0.171. The van der Waals surface area contributed by atoms with Crippen LogP contribution in [0.25, 0.3) is 6.08 Å². The Morgan fingerprint density at radius 3 is 2.67 bits per heavy atom. The van der Waals surface area contributed by atoms with Gasteiger partial charge in [0.05, 0.1) is 6.20 Å². The molecule has 0 atom stereocenters. The van der Waals surface area contributed by atoms with Gasteiger partial charge in [-0.15, -0.1) is 0 Å². The van der Waals surface area contributed by atoms with Crippen LogP contribution in [-0.2, 0) is 18.4 Å². The molecule has 0 bridgehead atoms. The van der Waals surface area contributed by atoms with Gasteiger partial charge in [0.15, 0.2) is 0 Å². The third kappa shape index (κ3) is 4.08. The van der Waals surface area contributed by atoms with Crippen molar-refractivity contribution in [2.75, 3.05) is 26.2 Å². The fourth-order valence-corrected chi connectivity index (χ4v) is 2.79. The first-order valence-electron chi connectivity index (χ1n) is 8.03. The number of piperazine rings is 1. The molecule has 0 unspecified atom stereocenters. The van der Waals surface area contributed by atoms with Gasteiger partial charge in [-0.3, -0.25) is 14.4 Å². The minimum absolute atomic E-state index is 0.00407. The zero-order valence-electron chi connectivity index (χ0n) is 13.7. The number of rotatable bonds is 4. The molecule has 2 aromatic rings. The van der Waals surface area contributed by atoms with Crippen LogP contribution in [0.2, 0.25) is 0 Å². The lowest BCUT2D eigenvalue weighted by Crippen LogP contribution is -2.47. The first-order chi connectivity index (χ1) is 11.6. The second kappa shape index (κ2) is 7.40. The Labute approximate surface area is 141 Å². The van der Waals surface area contributed by atoms with Crippen molar-refractivity contribution in [2.45, 2.75) is 6.54 Å². The van der Waals surface area contributed by atoms with Gasteiger partial charge in [0.25, 0.3) is 0 Å². The Kier molecular flexibility index (Phi) is 5.05. The third-order valence-electron chi connectivity index (χ3n) is 4.18. The number of nitrogens with zero attached hydrogens (tertiary/aromatic N) is 4. The molecule has 1 aliphatic heterocycles. The van der Waals surface area contributed by atoms with E-state index in [-0.39, 0.29) is 11.7 Å². The number of hydrogen-bond acceptors (Lipinski definition) is 3. The highest BCUT2D eigenvalue weighted by Crippen LogP contribution is 2.12. The zero-order chi connectivity index (χ0) is 16.9. The summed E-state index contributed by atoms with van der Waals surface area (Å²) in [6.07, 6.45) is 6.94. The van der Waals surface area contributed by atoms with Crippen LogP contribution in [0.1, 0.15) is 11.1 Å². The Balaban J connectivity index is 1.50. The second-order valence-corrected chi connectivity index (χ2v) is 5.97. The molecule has 5 nitrogen and oxygen atoms in total. The maximum atomic E-state index is 13.7. The molecule has 0 radical (unpaired) electrons. The van der Waals surface area contributed by atoms with E-state index in [2.05, 4.69) is 10.00 Å². The van der Waals surface area contributed by atoms with E-state index in [0.29, 0.717) is 25.2 Å². The lowest BCUT2D eigenvalue weighted by Gasteiger charge is -2.34. The van der Waals surface area contributed by atoms with Gasteiger partial charge >= 0.3 is 0 Å². The Bertz CT molecular complexity index is 732. The third-order valence-corrected chi connectivity index (χ3v) is 4.18. The molecular formula is C18H21FN4O.